The molecule has 2 heterocycles. The van der Waals surface area contributed by atoms with Gasteiger partial charge in [-0.3, -0.25) is 9.78 Å². The number of rotatable bonds is 2. The van der Waals surface area contributed by atoms with Crippen LogP contribution in [0.4, 0.5) is 0 Å². The number of hydrogen-bond acceptors (Lipinski definition) is 4. The van der Waals surface area contributed by atoms with Gasteiger partial charge in [0.2, 0.25) is 0 Å². The highest BCUT2D eigenvalue weighted by atomic mass is 35.5. The Labute approximate surface area is 97.3 Å². The summed E-state index contributed by atoms with van der Waals surface area (Å²) in [5.74, 6) is 0.530. The van der Waals surface area contributed by atoms with Gasteiger partial charge in [-0.15, -0.1) is 0 Å². The van der Waals surface area contributed by atoms with Gasteiger partial charge in [0.15, 0.2) is 6.29 Å². The highest BCUT2D eigenvalue weighted by Gasteiger charge is 2.12. The SMILES string of the molecule is Cc1nc(Cl)c(C=O)c(-c2ccncc2)n1. The van der Waals surface area contributed by atoms with E-state index in [-0.39, 0.29) is 5.15 Å². The van der Waals surface area contributed by atoms with E-state index >= 15 is 0 Å². The Morgan fingerprint density at radius 3 is 2.56 bits per heavy atom. The molecule has 0 aliphatic rings. The van der Waals surface area contributed by atoms with Crippen molar-refractivity contribution in [2.75, 3.05) is 0 Å². The predicted octanol–water partition coefficient (Wildman–Crippen LogP) is 2.31. The maximum Gasteiger partial charge on any atom is 0.155 e. The Hall–Kier alpha value is -1.81. The molecule has 2 aromatic heterocycles. The molecule has 0 N–H and O–H groups in total. The first-order chi connectivity index (χ1) is 7.72. The van der Waals surface area contributed by atoms with Gasteiger partial charge in [-0.2, -0.15) is 0 Å². The topological polar surface area (TPSA) is 55.7 Å². The predicted molar refractivity (Wildman–Crippen MR) is 60.4 cm³/mol. The van der Waals surface area contributed by atoms with E-state index in [9.17, 15) is 4.79 Å². The molecule has 16 heavy (non-hydrogen) atoms. The number of aromatic nitrogens is 3. The van der Waals surface area contributed by atoms with Gasteiger partial charge in [0, 0.05) is 18.0 Å². The first-order valence-electron chi connectivity index (χ1n) is 4.62. The number of hydrogen-bond donors (Lipinski definition) is 0. The van der Waals surface area contributed by atoms with E-state index in [4.69, 9.17) is 11.6 Å². The summed E-state index contributed by atoms with van der Waals surface area (Å²) in [5, 5.41) is 0.175. The van der Waals surface area contributed by atoms with Crippen molar-refractivity contribution < 1.29 is 4.79 Å². The van der Waals surface area contributed by atoms with Gasteiger partial charge < -0.3 is 0 Å². The van der Waals surface area contributed by atoms with Gasteiger partial charge in [-0.1, -0.05) is 11.6 Å². The van der Waals surface area contributed by atoms with Gasteiger partial charge in [-0.25, -0.2) is 9.97 Å². The summed E-state index contributed by atoms with van der Waals surface area (Å²) >= 11 is 5.89. The zero-order chi connectivity index (χ0) is 11.5. The quantitative estimate of drug-likeness (QED) is 0.590. The van der Waals surface area contributed by atoms with E-state index in [1.54, 1.807) is 31.5 Å². The lowest BCUT2D eigenvalue weighted by Crippen LogP contribution is -1.99. The standard InChI is InChI=1S/C11H8ClN3O/c1-7-14-10(8-2-4-13-5-3-8)9(6-16)11(12)15-7/h2-6H,1H3. The minimum Gasteiger partial charge on any atom is -0.298 e. The van der Waals surface area contributed by atoms with Gasteiger partial charge in [0.05, 0.1) is 11.3 Å². The minimum atomic E-state index is 0.175. The van der Waals surface area contributed by atoms with Crippen LogP contribution in [0.2, 0.25) is 5.15 Å². The van der Waals surface area contributed by atoms with E-state index in [0.29, 0.717) is 23.4 Å². The van der Waals surface area contributed by atoms with Crippen molar-refractivity contribution in [1.29, 1.82) is 0 Å². The molecule has 0 aliphatic carbocycles. The van der Waals surface area contributed by atoms with Crippen molar-refractivity contribution in [3.63, 3.8) is 0 Å². The average Bonchev–Trinajstić information content (AvgIpc) is 2.29. The highest BCUT2D eigenvalue weighted by Crippen LogP contribution is 2.24. The second-order valence-electron chi connectivity index (χ2n) is 3.18. The molecule has 2 rings (SSSR count). The van der Waals surface area contributed by atoms with Crippen LogP contribution in [0.3, 0.4) is 0 Å². The van der Waals surface area contributed by atoms with Crippen molar-refractivity contribution in [3.05, 3.63) is 41.1 Å². The molecule has 0 saturated carbocycles. The molecular weight excluding hydrogens is 226 g/mol. The fraction of sp³-hybridized carbons (Fsp3) is 0.0909. The first-order valence-corrected chi connectivity index (χ1v) is 5.00. The number of carbonyl (C=O) groups excluding carboxylic acids is 1. The molecule has 0 fully saturated rings. The monoisotopic (exact) mass is 233 g/mol. The third-order valence-corrected chi connectivity index (χ3v) is 2.37. The lowest BCUT2D eigenvalue weighted by atomic mass is 10.1. The summed E-state index contributed by atoms with van der Waals surface area (Å²) in [6.45, 7) is 1.73. The number of nitrogens with zero attached hydrogens (tertiary/aromatic N) is 3. The second kappa shape index (κ2) is 4.37. The Kier molecular flexibility index (Phi) is 2.92. The van der Waals surface area contributed by atoms with Crippen LogP contribution < -0.4 is 0 Å². The van der Waals surface area contributed by atoms with Crippen LogP contribution in [0.1, 0.15) is 16.2 Å². The zero-order valence-corrected chi connectivity index (χ0v) is 9.27. The number of aryl methyl sites for hydroxylation is 1. The Morgan fingerprint density at radius 1 is 1.25 bits per heavy atom. The molecular formula is C11H8ClN3O. The first kappa shape index (κ1) is 10.7. The van der Waals surface area contributed by atoms with Gasteiger partial charge in [0.25, 0.3) is 0 Å². The van der Waals surface area contributed by atoms with Crippen molar-refractivity contribution in [1.82, 2.24) is 15.0 Å². The summed E-state index contributed by atoms with van der Waals surface area (Å²) in [5.41, 5.74) is 1.64. The Balaban J connectivity index is 2.69. The maximum absolute atomic E-state index is 11.0. The van der Waals surface area contributed by atoms with Crippen LogP contribution in [0, 0.1) is 6.92 Å². The number of aldehydes is 1. The summed E-state index contributed by atoms with van der Waals surface area (Å²) in [4.78, 5) is 23.0. The summed E-state index contributed by atoms with van der Waals surface area (Å²) in [6, 6.07) is 3.54. The molecule has 2 aromatic rings. The zero-order valence-electron chi connectivity index (χ0n) is 8.51. The Bertz CT molecular complexity index is 528. The number of carbonyl (C=O) groups is 1. The molecule has 0 saturated heterocycles. The van der Waals surface area contributed by atoms with E-state index in [0.717, 1.165) is 5.56 Å². The van der Waals surface area contributed by atoms with Crippen LogP contribution in [-0.2, 0) is 0 Å². The molecule has 0 aromatic carbocycles. The van der Waals surface area contributed by atoms with Crippen molar-refractivity contribution >= 4 is 17.9 Å². The van der Waals surface area contributed by atoms with E-state index in [1.807, 2.05) is 0 Å². The van der Waals surface area contributed by atoms with Crippen LogP contribution in [0.5, 0.6) is 0 Å². The molecule has 0 aliphatic heterocycles. The largest absolute Gasteiger partial charge is 0.298 e. The molecule has 0 radical (unpaired) electrons. The van der Waals surface area contributed by atoms with E-state index in [1.165, 1.54) is 0 Å². The fourth-order valence-corrected chi connectivity index (χ4v) is 1.64. The molecule has 0 amide bonds. The lowest BCUT2D eigenvalue weighted by Gasteiger charge is -2.06. The van der Waals surface area contributed by atoms with Gasteiger partial charge >= 0.3 is 0 Å². The smallest absolute Gasteiger partial charge is 0.155 e. The van der Waals surface area contributed by atoms with Crippen molar-refractivity contribution in [2.24, 2.45) is 0 Å². The summed E-state index contributed by atoms with van der Waals surface area (Å²) < 4.78 is 0. The number of pyridine rings is 1. The van der Waals surface area contributed by atoms with Crippen molar-refractivity contribution in [3.8, 4) is 11.3 Å². The summed E-state index contributed by atoms with van der Waals surface area (Å²) in [7, 11) is 0. The van der Waals surface area contributed by atoms with E-state index < -0.39 is 0 Å². The highest BCUT2D eigenvalue weighted by molar-refractivity contribution is 6.32. The van der Waals surface area contributed by atoms with Crippen LogP contribution in [0.25, 0.3) is 11.3 Å². The molecule has 5 heteroatoms. The molecule has 0 atom stereocenters. The Morgan fingerprint density at radius 2 is 1.94 bits per heavy atom. The third kappa shape index (κ3) is 1.92. The third-order valence-electron chi connectivity index (χ3n) is 2.08. The normalized spacial score (nSPS) is 10.1. The molecule has 0 bridgehead atoms. The maximum atomic E-state index is 11.0. The van der Waals surface area contributed by atoms with Gasteiger partial charge in [-0.05, 0) is 19.1 Å². The van der Waals surface area contributed by atoms with Crippen LogP contribution in [0.15, 0.2) is 24.5 Å². The molecule has 0 unspecified atom stereocenters. The van der Waals surface area contributed by atoms with Gasteiger partial charge in [0.1, 0.15) is 11.0 Å². The van der Waals surface area contributed by atoms with Crippen LogP contribution >= 0.6 is 11.6 Å². The minimum absolute atomic E-state index is 0.175. The van der Waals surface area contributed by atoms with Crippen molar-refractivity contribution in [2.45, 2.75) is 6.92 Å². The molecule has 0 spiro atoms. The second-order valence-corrected chi connectivity index (χ2v) is 3.54. The average molecular weight is 234 g/mol. The molecule has 4 nitrogen and oxygen atoms in total. The fourth-order valence-electron chi connectivity index (χ4n) is 1.38. The summed E-state index contributed by atoms with van der Waals surface area (Å²) in [6.07, 6.45) is 3.93. The van der Waals surface area contributed by atoms with Crippen LogP contribution in [-0.4, -0.2) is 21.2 Å². The number of halogens is 1. The molecule has 80 valence electrons. The lowest BCUT2D eigenvalue weighted by molar-refractivity contribution is 0.112. The van der Waals surface area contributed by atoms with E-state index in [2.05, 4.69) is 15.0 Å².